The molecule has 134 valence electrons. The summed E-state index contributed by atoms with van der Waals surface area (Å²) in [6.07, 6.45) is 0. The van der Waals surface area contributed by atoms with Crippen LogP contribution < -0.4 is 4.74 Å². The smallest absolute Gasteiger partial charge is 0.243 e. The van der Waals surface area contributed by atoms with Gasteiger partial charge < -0.3 is 9.64 Å². The zero-order valence-electron chi connectivity index (χ0n) is 15.2. The highest BCUT2D eigenvalue weighted by Crippen LogP contribution is 2.30. The number of sulfonamides is 1. The Morgan fingerprint density at radius 3 is 2.33 bits per heavy atom. The van der Waals surface area contributed by atoms with Gasteiger partial charge in [-0.15, -0.1) is 0 Å². The summed E-state index contributed by atoms with van der Waals surface area (Å²) in [6, 6.07) is 4.77. The molecule has 0 aromatic heterocycles. The lowest BCUT2D eigenvalue weighted by Gasteiger charge is -2.48. The molecule has 0 aliphatic carbocycles. The largest absolute Gasteiger partial charge is 0.496 e. The van der Waals surface area contributed by atoms with E-state index in [-0.39, 0.29) is 29.9 Å². The molecule has 1 aliphatic rings. The number of benzene rings is 1. The number of nitrogens with zero attached hydrogens (tertiary/aromatic N) is 2. The van der Waals surface area contributed by atoms with E-state index < -0.39 is 15.6 Å². The van der Waals surface area contributed by atoms with Crippen LogP contribution in [0.25, 0.3) is 0 Å². The van der Waals surface area contributed by atoms with Crippen LogP contribution in [0.1, 0.15) is 33.3 Å². The second-order valence-corrected chi connectivity index (χ2v) is 9.01. The molecule has 2 rings (SSSR count). The van der Waals surface area contributed by atoms with Gasteiger partial charge >= 0.3 is 0 Å². The predicted octanol–water partition coefficient (Wildman–Crippen LogP) is 2.02. The molecule has 0 spiro atoms. The van der Waals surface area contributed by atoms with E-state index in [1.54, 1.807) is 31.1 Å². The van der Waals surface area contributed by atoms with Gasteiger partial charge in [0.1, 0.15) is 5.75 Å². The van der Waals surface area contributed by atoms with Crippen molar-refractivity contribution in [1.82, 2.24) is 9.21 Å². The molecule has 7 heteroatoms. The minimum Gasteiger partial charge on any atom is -0.496 e. The van der Waals surface area contributed by atoms with E-state index in [0.717, 1.165) is 5.56 Å². The summed E-state index contributed by atoms with van der Waals surface area (Å²) in [7, 11) is -2.19. The molecule has 0 atom stereocenters. The number of carbonyl (C=O) groups excluding carboxylic acids is 1. The highest BCUT2D eigenvalue weighted by Gasteiger charge is 2.44. The lowest BCUT2D eigenvalue weighted by Crippen LogP contribution is -2.64. The third-order valence-electron chi connectivity index (χ3n) is 4.32. The van der Waals surface area contributed by atoms with Crippen molar-refractivity contribution in [3.05, 3.63) is 23.8 Å². The van der Waals surface area contributed by atoms with Crippen molar-refractivity contribution in [3.63, 3.8) is 0 Å². The van der Waals surface area contributed by atoms with Crippen LogP contribution in [-0.4, -0.2) is 55.3 Å². The molecular formula is C17H26N2O4S. The SMILES string of the molecule is COc1ccc(S(=O)(=O)N2CC(=O)N(C(C)C)C(C)(C)C2)cc1C. The Morgan fingerprint density at radius 2 is 1.88 bits per heavy atom. The van der Waals surface area contributed by atoms with Crippen LogP contribution in [0.15, 0.2) is 23.1 Å². The van der Waals surface area contributed by atoms with E-state index in [1.165, 1.54) is 10.4 Å². The van der Waals surface area contributed by atoms with Gasteiger partial charge in [-0.25, -0.2) is 8.42 Å². The van der Waals surface area contributed by atoms with Crippen LogP contribution in [0, 0.1) is 6.92 Å². The Kier molecular flexibility index (Phi) is 4.97. The Hall–Kier alpha value is -1.60. The number of amides is 1. The average Bonchev–Trinajstić information content (AvgIpc) is 2.44. The van der Waals surface area contributed by atoms with Crippen LogP contribution in [0.4, 0.5) is 0 Å². The first kappa shape index (κ1) is 18.7. The molecule has 1 aromatic rings. The third kappa shape index (κ3) is 3.28. The summed E-state index contributed by atoms with van der Waals surface area (Å²) >= 11 is 0. The van der Waals surface area contributed by atoms with Crippen molar-refractivity contribution < 1.29 is 17.9 Å². The molecule has 1 amide bonds. The van der Waals surface area contributed by atoms with Crippen LogP contribution in [0.5, 0.6) is 5.75 Å². The monoisotopic (exact) mass is 354 g/mol. The predicted molar refractivity (Wildman–Crippen MR) is 92.6 cm³/mol. The summed E-state index contributed by atoms with van der Waals surface area (Å²) in [5.74, 6) is 0.463. The molecule has 0 bridgehead atoms. The third-order valence-corrected chi connectivity index (χ3v) is 6.10. The Morgan fingerprint density at radius 1 is 1.25 bits per heavy atom. The van der Waals surface area contributed by atoms with Crippen molar-refractivity contribution in [2.75, 3.05) is 20.2 Å². The van der Waals surface area contributed by atoms with Crippen LogP contribution in [-0.2, 0) is 14.8 Å². The zero-order valence-corrected chi connectivity index (χ0v) is 16.0. The number of hydrogen-bond acceptors (Lipinski definition) is 4. The lowest BCUT2D eigenvalue weighted by atomic mass is 9.98. The van der Waals surface area contributed by atoms with Crippen molar-refractivity contribution in [1.29, 1.82) is 0 Å². The van der Waals surface area contributed by atoms with Gasteiger partial charge in [-0.3, -0.25) is 4.79 Å². The summed E-state index contributed by atoms with van der Waals surface area (Å²) in [5, 5.41) is 0. The molecule has 0 N–H and O–H groups in total. The van der Waals surface area contributed by atoms with E-state index in [2.05, 4.69) is 0 Å². The lowest BCUT2D eigenvalue weighted by molar-refractivity contribution is -0.144. The first-order chi connectivity index (χ1) is 11.0. The van der Waals surface area contributed by atoms with Gasteiger partial charge in [0, 0.05) is 12.6 Å². The summed E-state index contributed by atoms with van der Waals surface area (Å²) in [6.45, 7) is 9.61. The van der Waals surface area contributed by atoms with Gasteiger partial charge in [0.2, 0.25) is 15.9 Å². The number of ether oxygens (including phenoxy) is 1. The Balaban J connectivity index is 2.37. The molecule has 0 unspecified atom stereocenters. The van der Waals surface area contributed by atoms with Crippen molar-refractivity contribution in [2.45, 2.75) is 51.1 Å². The van der Waals surface area contributed by atoms with Crippen LogP contribution in [0.3, 0.4) is 0 Å². The molecule has 1 aliphatic heterocycles. The van der Waals surface area contributed by atoms with Gasteiger partial charge in [-0.05, 0) is 58.4 Å². The molecule has 24 heavy (non-hydrogen) atoms. The van der Waals surface area contributed by atoms with Crippen LogP contribution >= 0.6 is 0 Å². The number of hydrogen-bond donors (Lipinski definition) is 0. The molecule has 1 fully saturated rings. The fourth-order valence-electron chi connectivity index (χ4n) is 3.45. The number of methoxy groups -OCH3 is 1. The van der Waals surface area contributed by atoms with E-state index in [1.807, 2.05) is 27.7 Å². The Labute approximate surface area is 144 Å². The first-order valence-corrected chi connectivity index (χ1v) is 9.41. The fourth-order valence-corrected chi connectivity index (χ4v) is 5.08. The molecule has 1 heterocycles. The first-order valence-electron chi connectivity index (χ1n) is 7.97. The van der Waals surface area contributed by atoms with E-state index in [0.29, 0.717) is 5.75 Å². The average molecular weight is 354 g/mol. The maximum Gasteiger partial charge on any atom is 0.243 e. The van der Waals surface area contributed by atoms with Crippen LogP contribution in [0.2, 0.25) is 0 Å². The zero-order chi connectivity index (χ0) is 18.3. The van der Waals surface area contributed by atoms with Crippen molar-refractivity contribution >= 4 is 15.9 Å². The Bertz CT molecular complexity index is 741. The molecule has 1 saturated heterocycles. The van der Waals surface area contributed by atoms with Crippen molar-refractivity contribution in [3.8, 4) is 5.75 Å². The normalized spacial score (nSPS) is 19.0. The number of rotatable bonds is 4. The quantitative estimate of drug-likeness (QED) is 0.830. The minimum atomic E-state index is -3.73. The minimum absolute atomic E-state index is 0.0283. The fraction of sp³-hybridized carbons (Fsp3) is 0.588. The maximum absolute atomic E-state index is 13.0. The number of piperazine rings is 1. The molecule has 1 aromatic carbocycles. The summed E-state index contributed by atoms with van der Waals surface area (Å²) in [4.78, 5) is 14.5. The van der Waals surface area contributed by atoms with Gasteiger partial charge in [0.05, 0.1) is 24.1 Å². The van der Waals surface area contributed by atoms with Gasteiger partial charge in [0.15, 0.2) is 0 Å². The molecule has 6 nitrogen and oxygen atoms in total. The maximum atomic E-state index is 13.0. The van der Waals surface area contributed by atoms with E-state index in [4.69, 9.17) is 4.74 Å². The van der Waals surface area contributed by atoms with E-state index in [9.17, 15) is 13.2 Å². The summed E-state index contributed by atoms with van der Waals surface area (Å²) < 4.78 is 32.4. The molecule has 0 saturated carbocycles. The highest BCUT2D eigenvalue weighted by atomic mass is 32.2. The number of carbonyl (C=O) groups is 1. The second-order valence-electron chi connectivity index (χ2n) is 7.07. The second kappa shape index (κ2) is 6.37. The topological polar surface area (TPSA) is 66.9 Å². The molecule has 0 radical (unpaired) electrons. The molecular weight excluding hydrogens is 328 g/mol. The highest BCUT2D eigenvalue weighted by molar-refractivity contribution is 7.89. The van der Waals surface area contributed by atoms with Gasteiger partial charge in [-0.2, -0.15) is 4.31 Å². The van der Waals surface area contributed by atoms with Crippen molar-refractivity contribution in [2.24, 2.45) is 0 Å². The number of aryl methyl sites for hydroxylation is 1. The van der Waals surface area contributed by atoms with Gasteiger partial charge in [0.25, 0.3) is 0 Å². The van der Waals surface area contributed by atoms with E-state index >= 15 is 0 Å². The van der Waals surface area contributed by atoms with Gasteiger partial charge in [-0.1, -0.05) is 0 Å². The standard InChI is InChI=1S/C17H26N2O4S/c1-12(2)19-16(20)10-18(11-17(19,4)5)24(21,22)14-7-8-15(23-6)13(3)9-14/h7-9,12H,10-11H2,1-6H3. The summed E-state index contributed by atoms with van der Waals surface area (Å²) in [5.41, 5.74) is 0.183.